The average molecular weight is 300 g/mol. The van der Waals surface area contributed by atoms with Gasteiger partial charge in [0.1, 0.15) is 11.9 Å². The van der Waals surface area contributed by atoms with Gasteiger partial charge in [0.25, 0.3) is 0 Å². The zero-order chi connectivity index (χ0) is 15.5. The lowest BCUT2D eigenvalue weighted by Gasteiger charge is -2.20. The summed E-state index contributed by atoms with van der Waals surface area (Å²) >= 11 is 0. The first-order valence-corrected chi connectivity index (χ1v) is 7.08. The van der Waals surface area contributed by atoms with Gasteiger partial charge in [-0.05, 0) is 24.3 Å². The van der Waals surface area contributed by atoms with E-state index in [0.29, 0.717) is 6.54 Å². The number of amides is 1. The molecule has 2 heterocycles. The molecule has 0 fully saturated rings. The van der Waals surface area contributed by atoms with E-state index in [1.807, 2.05) is 12.2 Å². The third-order valence-corrected chi connectivity index (χ3v) is 3.68. The van der Waals surface area contributed by atoms with Crippen LogP contribution in [0.1, 0.15) is 5.56 Å². The molecule has 0 aliphatic carbocycles. The Morgan fingerprint density at radius 3 is 2.86 bits per heavy atom. The van der Waals surface area contributed by atoms with E-state index in [2.05, 4.69) is 15.5 Å². The molecule has 0 radical (unpaired) electrons. The molecule has 1 unspecified atom stereocenters. The molecule has 114 valence electrons. The van der Waals surface area contributed by atoms with E-state index in [0.717, 1.165) is 23.4 Å². The first-order valence-electron chi connectivity index (χ1n) is 7.08. The number of likely N-dealkylation sites (N-methyl/N-ethyl adjacent to an activating group) is 1. The molecule has 1 aromatic heterocycles. The van der Waals surface area contributed by atoms with Crippen molar-refractivity contribution in [1.29, 1.82) is 0 Å². The van der Waals surface area contributed by atoms with E-state index in [4.69, 9.17) is 0 Å². The summed E-state index contributed by atoms with van der Waals surface area (Å²) in [7, 11) is 1.76. The van der Waals surface area contributed by atoms with Gasteiger partial charge in [-0.3, -0.25) is 15.2 Å². The molecular weight excluding hydrogens is 283 g/mol. The smallest absolute Gasteiger partial charge is 0.243 e. The molecule has 0 saturated heterocycles. The fraction of sp³-hybridized carbons (Fsp3) is 0.250. The maximum atomic E-state index is 13.0. The van der Waals surface area contributed by atoms with Crippen LogP contribution in [0.4, 0.5) is 4.39 Å². The van der Waals surface area contributed by atoms with Crippen LogP contribution in [-0.4, -0.2) is 40.6 Å². The van der Waals surface area contributed by atoms with Gasteiger partial charge in [0, 0.05) is 31.3 Å². The molecule has 2 aromatic rings. The third kappa shape index (κ3) is 2.92. The number of carbonyl (C=O) groups is 1. The molecule has 2 N–H and O–H groups in total. The Hall–Kier alpha value is -2.47. The highest BCUT2D eigenvalue weighted by Gasteiger charge is 2.22. The van der Waals surface area contributed by atoms with Gasteiger partial charge in [0.15, 0.2) is 0 Å². The fourth-order valence-electron chi connectivity index (χ4n) is 2.51. The highest BCUT2D eigenvalue weighted by atomic mass is 19.1. The summed E-state index contributed by atoms with van der Waals surface area (Å²) < 4.78 is 13.0. The predicted octanol–water partition coefficient (Wildman–Crippen LogP) is 1.70. The minimum atomic E-state index is -0.281. The number of hydrogen-bond acceptors (Lipinski definition) is 3. The van der Waals surface area contributed by atoms with Crippen LogP contribution >= 0.6 is 0 Å². The maximum absolute atomic E-state index is 13.0. The van der Waals surface area contributed by atoms with Crippen LogP contribution in [0.2, 0.25) is 0 Å². The number of halogens is 1. The van der Waals surface area contributed by atoms with Gasteiger partial charge in [-0.1, -0.05) is 12.2 Å². The standard InChI is InChI=1S/C16H17FN4O/c1-21(16(22)14-3-2-8-18-14)10-12-9-19-20-15(12)11-4-6-13(17)7-5-11/h2-7,9,14,18H,8,10H2,1H3,(H,19,20). The molecule has 1 amide bonds. The van der Waals surface area contributed by atoms with E-state index in [-0.39, 0.29) is 17.8 Å². The van der Waals surface area contributed by atoms with Crippen molar-refractivity contribution in [2.24, 2.45) is 0 Å². The lowest BCUT2D eigenvalue weighted by Crippen LogP contribution is -2.41. The maximum Gasteiger partial charge on any atom is 0.243 e. The van der Waals surface area contributed by atoms with Crippen LogP contribution < -0.4 is 5.32 Å². The first kappa shape index (κ1) is 14.5. The average Bonchev–Trinajstić information content (AvgIpc) is 3.18. The Bertz CT molecular complexity index is 692. The van der Waals surface area contributed by atoms with Crippen molar-refractivity contribution in [3.8, 4) is 11.3 Å². The van der Waals surface area contributed by atoms with Crippen LogP contribution in [0.25, 0.3) is 11.3 Å². The van der Waals surface area contributed by atoms with Crippen molar-refractivity contribution >= 4 is 5.91 Å². The Kier molecular flexibility index (Phi) is 4.02. The molecule has 1 aromatic carbocycles. The molecule has 1 aliphatic heterocycles. The van der Waals surface area contributed by atoms with Crippen LogP contribution in [0.5, 0.6) is 0 Å². The molecule has 1 atom stereocenters. The molecule has 5 nitrogen and oxygen atoms in total. The summed E-state index contributed by atoms with van der Waals surface area (Å²) in [5.74, 6) is -0.267. The topological polar surface area (TPSA) is 61.0 Å². The number of H-pyrrole nitrogens is 1. The van der Waals surface area contributed by atoms with Crippen LogP contribution in [0.3, 0.4) is 0 Å². The Morgan fingerprint density at radius 1 is 1.41 bits per heavy atom. The van der Waals surface area contributed by atoms with E-state index in [9.17, 15) is 9.18 Å². The number of nitrogens with zero attached hydrogens (tertiary/aromatic N) is 2. The van der Waals surface area contributed by atoms with Crippen molar-refractivity contribution in [1.82, 2.24) is 20.4 Å². The summed E-state index contributed by atoms with van der Waals surface area (Å²) in [6, 6.07) is 5.93. The molecule has 6 heteroatoms. The number of hydrogen-bond donors (Lipinski definition) is 2. The molecule has 0 spiro atoms. The highest BCUT2D eigenvalue weighted by Crippen LogP contribution is 2.22. The molecule has 0 saturated carbocycles. The van der Waals surface area contributed by atoms with Crippen LogP contribution in [0.15, 0.2) is 42.6 Å². The molecule has 22 heavy (non-hydrogen) atoms. The summed E-state index contributed by atoms with van der Waals surface area (Å²) in [6.07, 6.45) is 5.51. The number of rotatable bonds is 4. The quantitative estimate of drug-likeness (QED) is 0.845. The van der Waals surface area contributed by atoms with Crippen molar-refractivity contribution in [3.05, 3.63) is 54.0 Å². The van der Waals surface area contributed by atoms with Crippen molar-refractivity contribution < 1.29 is 9.18 Å². The van der Waals surface area contributed by atoms with E-state index >= 15 is 0 Å². The summed E-state index contributed by atoms with van der Waals surface area (Å²) in [5, 5.41) is 10.1. The fourth-order valence-corrected chi connectivity index (χ4v) is 2.51. The highest BCUT2D eigenvalue weighted by molar-refractivity contribution is 5.84. The second kappa shape index (κ2) is 6.11. The Balaban J connectivity index is 1.76. The Labute approximate surface area is 127 Å². The van der Waals surface area contributed by atoms with Gasteiger partial charge in [0.2, 0.25) is 5.91 Å². The van der Waals surface area contributed by atoms with Crippen LogP contribution in [0, 0.1) is 5.82 Å². The minimum absolute atomic E-state index is 0.0139. The lowest BCUT2D eigenvalue weighted by atomic mass is 10.1. The van der Waals surface area contributed by atoms with E-state index in [1.54, 1.807) is 30.3 Å². The van der Waals surface area contributed by atoms with Gasteiger partial charge in [-0.2, -0.15) is 5.10 Å². The van der Waals surface area contributed by atoms with E-state index < -0.39 is 0 Å². The molecule has 1 aliphatic rings. The number of benzene rings is 1. The molecular formula is C16H17FN4O. The van der Waals surface area contributed by atoms with Gasteiger partial charge >= 0.3 is 0 Å². The summed E-state index contributed by atoms with van der Waals surface area (Å²) in [6.45, 7) is 1.16. The zero-order valence-electron chi connectivity index (χ0n) is 12.2. The van der Waals surface area contributed by atoms with Gasteiger partial charge < -0.3 is 4.90 Å². The minimum Gasteiger partial charge on any atom is -0.340 e. The first-order chi connectivity index (χ1) is 10.6. The lowest BCUT2D eigenvalue weighted by molar-refractivity contribution is -0.131. The van der Waals surface area contributed by atoms with E-state index in [1.165, 1.54) is 12.1 Å². The number of carbonyl (C=O) groups excluding carboxylic acids is 1. The number of nitrogens with one attached hydrogen (secondary N) is 2. The van der Waals surface area contributed by atoms with Crippen molar-refractivity contribution in [2.45, 2.75) is 12.6 Å². The second-order valence-electron chi connectivity index (χ2n) is 5.29. The van der Waals surface area contributed by atoms with Crippen molar-refractivity contribution in [2.75, 3.05) is 13.6 Å². The van der Waals surface area contributed by atoms with Crippen molar-refractivity contribution in [3.63, 3.8) is 0 Å². The van der Waals surface area contributed by atoms with Gasteiger partial charge in [-0.25, -0.2) is 4.39 Å². The third-order valence-electron chi connectivity index (χ3n) is 3.68. The normalized spacial score (nSPS) is 16.9. The Morgan fingerprint density at radius 2 is 2.18 bits per heavy atom. The number of aromatic amines is 1. The monoisotopic (exact) mass is 300 g/mol. The molecule has 3 rings (SSSR count). The van der Waals surface area contributed by atoms with Gasteiger partial charge in [0.05, 0.1) is 11.9 Å². The molecule has 0 bridgehead atoms. The zero-order valence-corrected chi connectivity index (χ0v) is 12.2. The largest absolute Gasteiger partial charge is 0.340 e. The van der Waals surface area contributed by atoms with Gasteiger partial charge in [-0.15, -0.1) is 0 Å². The predicted molar refractivity (Wildman–Crippen MR) is 81.4 cm³/mol. The number of aromatic nitrogens is 2. The SMILES string of the molecule is CN(Cc1cn[nH]c1-c1ccc(F)cc1)C(=O)C1C=CCN1. The summed E-state index contributed by atoms with van der Waals surface area (Å²) in [4.78, 5) is 14.0. The van der Waals surface area contributed by atoms with Crippen LogP contribution in [-0.2, 0) is 11.3 Å². The summed E-state index contributed by atoms with van der Waals surface area (Å²) in [5.41, 5.74) is 2.53. The second-order valence-corrected chi connectivity index (χ2v) is 5.29.